The molecule has 0 aliphatic rings. The Morgan fingerprint density at radius 1 is 1.12 bits per heavy atom. The molecule has 0 bridgehead atoms. The summed E-state index contributed by atoms with van der Waals surface area (Å²) in [4.78, 5) is 12.5. The van der Waals surface area contributed by atoms with Gasteiger partial charge in [0.05, 0.1) is 14.3 Å². The van der Waals surface area contributed by atoms with Crippen LogP contribution in [0, 0.1) is 24.3 Å². The highest BCUT2D eigenvalue weighted by Crippen LogP contribution is 2.30. The minimum absolute atomic E-state index is 0.00450. The lowest BCUT2D eigenvalue weighted by atomic mass is 10.1. The van der Waals surface area contributed by atoms with E-state index in [2.05, 4.69) is 50.5 Å². The number of carbonyl (C=O) groups excluding carboxylic acids is 1. The molecule has 0 radical (unpaired) electrons. The topological polar surface area (TPSA) is 71.3 Å². The van der Waals surface area contributed by atoms with Crippen molar-refractivity contribution in [3.8, 4) is 17.6 Å². The standard InChI is InChI=1S/C25H19FI2N2O3/c1-32-20-8-6-16(7-9-20)14-30-25(31)19(13-29)10-17-11-22(27)24(23(28)12-17)33-15-18-4-2-3-5-21(18)26/h2-12H,14-15H2,1H3,(H,30,31)/b19-10-. The Morgan fingerprint density at radius 2 is 1.79 bits per heavy atom. The third-order valence-corrected chi connectivity index (χ3v) is 6.24. The number of methoxy groups -OCH3 is 1. The minimum Gasteiger partial charge on any atom is -0.497 e. The molecule has 0 atom stereocenters. The van der Waals surface area contributed by atoms with Gasteiger partial charge < -0.3 is 14.8 Å². The van der Waals surface area contributed by atoms with Crippen molar-refractivity contribution in [2.75, 3.05) is 7.11 Å². The number of halogens is 3. The monoisotopic (exact) mass is 668 g/mol. The third kappa shape index (κ3) is 6.91. The van der Waals surface area contributed by atoms with Crippen molar-refractivity contribution in [1.82, 2.24) is 5.32 Å². The fourth-order valence-corrected chi connectivity index (χ4v) is 5.03. The summed E-state index contributed by atoms with van der Waals surface area (Å²) in [5.41, 5.74) is 2.04. The van der Waals surface area contributed by atoms with Gasteiger partial charge in [0.2, 0.25) is 0 Å². The fraction of sp³-hybridized carbons (Fsp3) is 0.120. The van der Waals surface area contributed by atoms with Crippen molar-refractivity contribution in [1.29, 1.82) is 5.26 Å². The fourth-order valence-electron chi connectivity index (χ4n) is 2.90. The number of hydrogen-bond acceptors (Lipinski definition) is 4. The smallest absolute Gasteiger partial charge is 0.262 e. The van der Waals surface area contributed by atoms with E-state index in [1.165, 1.54) is 12.1 Å². The number of hydrogen-bond donors (Lipinski definition) is 1. The van der Waals surface area contributed by atoms with E-state index in [1.807, 2.05) is 42.5 Å². The van der Waals surface area contributed by atoms with Gasteiger partial charge in [-0.1, -0.05) is 30.3 Å². The van der Waals surface area contributed by atoms with E-state index in [9.17, 15) is 14.4 Å². The van der Waals surface area contributed by atoms with Gasteiger partial charge in [-0.05, 0) is 92.7 Å². The first kappa shape index (κ1) is 25.0. The summed E-state index contributed by atoms with van der Waals surface area (Å²) in [6.45, 7) is 0.394. The quantitative estimate of drug-likeness (QED) is 0.186. The average molecular weight is 668 g/mol. The van der Waals surface area contributed by atoms with Crippen molar-refractivity contribution in [2.45, 2.75) is 13.2 Å². The summed E-state index contributed by atoms with van der Waals surface area (Å²) in [6.07, 6.45) is 1.54. The second kappa shape index (κ2) is 12.0. The van der Waals surface area contributed by atoms with Gasteiger partial charge in [0.15, 0.2) is 0 Å². The predicted octanol–water partition coefficient (Wildman–Crippen LogP) is 5.85. The Hall–Kier alpha value is -2.65. The van der Waals surface area contributed by atoms with Gasteiger partial charge in [-0.3, -0.25) is 4.79 Å². The van der Waals surface area contributed by atoms with E-state index in [0.717, 1.165) is 18.5 Å². The first-order valence-corrected chi connectivity index (χ1v) is 11.9. The molecule has 0 saturated carbocycles. The Morgan fingerprint density at radius 3 is 2.39 bits per heavy atom. The molecule has 5 nitrogen and oxygen atoms in total. The van der Waals surface area contributed by atoms with Gasteiger partial charge in [-0.15, -0.1) is 0 Å². The van der Waals surface area contributed by atoms with Crippen molar-refractivity contribution in [2.24, 2.45) is 0 Å². The Balaban J connectivity index is 1.70. The van der Waals surface area contributed by atoms with Crippen LogP contribution in [0.15, 0.2) is 66.2 Å². The van der Waals surface area contributed by atoms with Crippen LogP contribution in [0.25, 0.3) is 6.08 Å². The van der Waals surface area contributed by atoms with Crippen LogP contribution in [0.5, 0.6) is 11.5 Å². The van der Waals surface area contributed by atoms with Crippen LogP contribution >= 0.6 is 45.2 Å². The van der Waals surface area contributed by atoms with Crippen LogP contribution < -0.4 is 14.8 Å². The molecular formula is C25H19FI2N2O3. The van der Waals surface area contributed by atoms with E-state index in [0.29, 0.717) is 23.4 Å². The van der Waals surface area contributed by atoms with Gasteiger partial charge in [-0.2, -0.15) is 5.26 Å². The summed E-state index contributed by atoms with van der Waals surface area (Å²) in [5, 5.41) is 12.3. The van der Waals surface area contributed by atoms with Crippen LogP contribution in [0.4, 0.5) is 4.39 Å². The molecule has 0 heterocycles. The van der Waals surface area contributed by atoms with Crippen LogP contribution in [0.3, 0.4) is 0 Å². The zero-order valence-corrected chi connectivity index (χ0v) is 21.9. The second-order valence-electron chi connectivity index (χ2n) is 6.89. The molecule has 8 heteroatoms. The van der Waals surface area contributed by atoms with Gasteiger partial charge in [-0.25, -0.2) is 4.39 Å². The zero-order chi connectivity index (χ0) is 23.8. The molecule has 33 heavy (non-hydrogen) atoms. The number of rotatable bonds is 8. The van der Waals surface area contributed by atoms with Gasteiger partial charge >= 0.3 is 0 Å². The van der Waals surface area contributed by atoms with E-state index < -0.39 is 5.91 Å². The molecule has 1 N–H and O–H groups in total. The first-order chi connectivity index (χ1) is 15.9. The van der Waals surface area contributed by atoms with Gasteiger partial charge in [0, 0.05) is 12.1 Å². The summed E-state index contributed by atoms with van der Waals surface area (Å²) >= 11 is 4.25. The number of amides is 1. The Bertz CT molecular complexity index is 1200. The first-order valence-electron chi connectivity index (χ1n) is 9.79. The van der Waals surface area contributed by atoms with Crippen molar-refractivity contribution >= 4 is 57.2 Å². The molecule has 0 aliphatic heterocycles. The number of nitrogens with zero attached hydrogens (tertiary/aromatic N) is 1. The summed E-state index contributed by atoms with van der Waals surface area (Å²) in [6, 6.07) is 19.4. The molecule has 3 aromatic carbocycles. The molecule has 3 rings (SSSR count). The zero-order valence-electron chi connectivity index (χ0n) is 17.6. The molecule has 0 aliphatic carbocycles. The third-order valence-electron chi connectivity index (χ3n) is 4.64. The summed E-state index contributed by atoms with van der Waals surface area (Å²) in [7, 11) is 1.59. The lowest BCUT2D eigenvalue weighted by Crippen LogP contribution is -2.23. The molecular weight excluding hydrogens is 649 g/mol. The van der Waals surface area contributed by atoms with Crippen LogP contribution in [-0.2, 0) is 17.9 Å². The molecule has 1 amide bonds. The van der Waals surface area contributed by atoms with Crippen LogP contribution in [-0.4, -0.2) is 13.0 Å². The molecule has 168 valence electrons. The highest BCUT2D eigenvalue weighted by molar-refractivity contribution is 14.1. The van der Waals surface area contributed by atoms with Crippen molar-refractivity contribution in [3.63, 3.8) is 0 Å². The number of ether oxygens (including phenoxy) is 2. The van der Waals surface area contributed by atoms with Gasteiger partial charge in [0.25, 0.3) is 5.91 Å². The second-order valence-corrected chi connectivity index (χ2v) is 9.22. The highest BCUT2D eigenvalue weighted by atomic mass is 127. The molecule has 0 unspecified atom stereocenters. The number of nitriles is 1. The molecule has 3 aromatic rings. The lowest BCUT2D eigenvalue weighted by Gasteiger charge is -2.12. The lowest BCUT2D eigenvalue weighted by molar-refractivity contribution is -0.117. The van der Waals surface area contributed by atoms with E-state index in [4.69, 9.17) is 9.47 Å². The normalized spacial score (nSPS) is 10.9. The predicted molar refractivity (Wildman–Crippen MR) is 141 cm³/mol. The Labute approximate surface area is 218 Å². The average Bonchev–Trinajstić information content (AvgIpc) is 2.81. The van der Waals surface area contributed by atoms with Gasteiger partial charge in [0.1, 0.15) is 35.6 Å². The number of carbonyl (C=O) groups is 1. The number of nitrogens with one attached hydrogen (secondary N) is 1. The molecule has 0 aromatic heterocycles. The maximum atomic E-state index is 13.9. The summed E-state index contributed by atoms with van der Waals surface area (Å²) < 4.78 is 26.4. The maximum absolute atomic E-state index is 13.9. The SMILES string of the molecule is COc1ccc(CNC(=O)/C(C#N)=C\c2cc(I)c(OCc3ccccc3F)c(I)c2)cc1. The molecule has 0 spiro atoms. The van der Waals surface area contributed by atoms with Crippen LogP contribution in [0.2, 0.25) is 0 Å². The largest absolute Gasteiger partial charge is 0.497 e. The molecule has 0 saturated heterocycles. The van der Waals surface area contributed by atoms with Crippen molar-refractivity contribution < 1.29 is 18.7 Å². The summed E-state index contributed by atoms with van der Waals surface area (Å²) in [5.74, 6) is 0.576. The Kier molecular flexibility index (Phi) is 9.08. The van der Waals surface area contributed by atoms with E-state index in [-0.39, 0.29) is 18.0 Å². The highest BCUT2D eigenvalue weighted by Gasteiger charge is 2.13. The maximum Gasteiger partial charge on any atom is 0.262 e. The minimum atomic E-state index is -0.460. The van der Waals surface area contributed by atoms with E-state index in [1.54, 1.807) is 25.3 Å². The van der Waals surface area contributed by atoms with Crippen LogP contribution in [0.1, 0.15) is 16.7 Å². The molecule has 0 fully saturated rings. The van der Waals surface area contributed by atoms with Crippen molar-refractivity contribution in [3.05, 3.63) is 95.9 Å². The number of benzene rings is 3. The van der Waals surface area contributed by atoms with E-state index >= 15 is 0 Å².